The van der Waals surface area contributed by atoms with E-state index in [2.05, 4.69) is 67.2 Å². The van der Waals surface area contributed by atoms with Crippen molar-refractivity contribution in [3.8, 4) is 22.4 Å². The van der Waals surface area contributed by atoms with Crippen LogP contribution < -0.4 is 20.4 Å². The van der Waals surface area contributed by atoms with E-state index in [0.29, 0.717) is 141 Å². The molecule has 14 rings (SSSR count). The molecule has 0 saturated carbocycles. The lowest BCUT2D eigenvalue weighted by molar-refractivity contribution is -0.139. The summed E-state index contributed by atoms with van der Waals surface area (Å²) in [6.45, 7) is 19.7. The second kappa shape index (κ2) is 31.1. The maximum Gasteiger partial charge on any atom is 0.338 e. The number of amidine groups is 2. The number of thiazole rings is 3. The van der Waals surface area contributed by atoms with Crippen molar-refractivity contribution in [2.75, 3.05) is 88.5 Å². The third-order valence-corrected chi connectivity index (χ3v) is 23.8. The number of pyridine rings is 1. The van der Waals surface area contributed by atoms with Gasteiger partial charge in [-0.1, -0.05) is 86.5 Å². The van der Waals surface area contributed by atoms with Gasteiger partial charge in [-0.25, -0.2) is 47.9 Å². The summed E-state index contributed by atoms with van der Waals surface area (Å²) in [5.41, 5.74) is 7.37. The van der Waals surface area contributed by atoms with Crippen molar-refractivity contribution in [1.29, 1.82) is 0 Å². The van der Waals surface area contributed by atoms with Crippen LogP contribution in [0, 0.1) is 11.6 Å². The number of benzene rings is 4. The lowest BCUT2D eigenvalue weighted by atomic mass is 9.80. The first-order valence-electron chi connectivity index (χ1n) is 34.3. The fourth-order valence-electron chi connectivity index (χ4n) is 13.6. The van der Waals surface area contributed by atoms with E-state index in [4.69, 9.17) is 24.4 Å². The third kappa shape index (κ3) is 15.5. The summed E-state index contributed by atoms with van der Waals surface area (Å²) in [6.07, 6.45) is 5.15. The van der Waals surface area contributed by atoms with Gasteiger partial charge in [0.05, 0.1) is 55.2 Å². The summed E-state index contributed by atoms with van der Waals surface area (Å²) in [7, 11) is 0. The molecule has 4 aromatic heterocycles. The van der Waals surface area contributed by atoms with Crippen LogP contribution in [0.2, 0.25) is 0 Å². The lowest BCUT2D eigenvalue weighted by Gasteiger charge is -2.38. The number of aliphatic imine (C=N–C) groups is 2. The minimum Gasteiger partial charge on any atom is -0.463 e. The van der Waals surface area contributed by atoms with Crippen molar-refractivity contribution in [2.45, 2.75) is 90.4 Å². The largest absolute Gasteiger partial charge is 0.463 e. The summed E-state index contributed by atoms with van der Waals surface area (Å²) in [4.78, 5) is 119. The highest BCUT2D eigenvalue weighted by molar-refractivity contribution is 9.10. The highest BCUT2D eigenvalue weighted by atomic mass is 79.9. The summed E-state index contributed by atoms with van der Waals surface area (Å²) in [5, 5.41) is 14.4. The predicted octanol–water partition coefficient (Wildman–Crippen LogP) is 13.1. The number of carbonyl (C=O) groups is 6. The number of amides is 4. The molecule has 4 atom stereocenters. The molecule has 544 valence electrons. The van der Waals surface area contributed by atoms with Crippen LogP contribution in [0.25, 0.3) is 22.4 Å². The van der Waals surface area contributed by atoms with Gasteiger partial charge in [-0.3, -0.25) is 39.2 Å². The van der Waals surface area contributed by atoms with Crippen molar-refractivity contribution in [3.05, 3.63) is 207 Å². The average molecular weight is 1610 g/mol. The Morgan fingerprint density at radius 2 is 1.09 bits per heavy atom. The molecule has 0 radical (unpaired) electrons. The first kappa shape index (κ1) is 74.2. The smallest absolute Gasteiger partial charge is 0.338 e. The topological polar surface area (TPSA) is 241 Å². The number of Topliss-reactive ketones (excluding diaryl/α,β-unsaturated/α-hetero) is 2. The Morgan fingerprint density at radius 1 is 0.581 bits per heavy atom. The second-order valence-corrected chi connectivity index (χ2v) is 31.5. The van der Waals surface area contributed by atoms with Gasteiger partial charge in [-0.15, -0.1) is 34.0 Å². The number of ketones is 2. The third-order valence-electron chi connectivity index (χ3n) is 20.0. The molecule has 8 aromatic rings. The van der Waals surface area contributed by atoms with Gasteiger partial charge in [0.1, 0.15) is 41.1 Å². The van der Waals surface area contributed by atoms with Crippen LogP contribution in [-0.4, -0.2) is 178 Å². The average Bonchev–Trinajstić information content (AvgIpc) is 1.77. The lowest BCUT2D eigenvalue weighted by Crippen LogP contribution is -2.53. The van der Waals surface area contributed by atoms with E-state index in [9.17, 15) is 37.5 Å². The van der Waals surface area contributed by atoms with Crippen LogP contribution in [0.3, 0.4) is 0 Å². The quantitative estimate of drug-likeness (QED) is 0.0674. The molecule has 6 aliphatic rings. The van der Waals surface area contributed by atoms with Crippen molar-refractivity contribution in [3.63, 3.8) is 0 Å². The number of hydrogen-bond donors (Lipinski definition) is 2. The maximum atomic E-state index is 14.2. The molecule has 2 N–H and O–H groups in total. The Morgan fingerprint density at radius 3 is 1.56 bits per heavy atom. The number of piperazine rings is 2. The van der Waals surface area contributed by atoms with E-state index in [0.717, 1.165) is 33.5 Å². The van der Waals surface area contributed by atoms with Crippen LogP contribution in [0.15, 0.2) is 173 Å². The molecular weight excluding hydrogens is 1530 g/mol. The SMILES string of the molecule is CCOC(=O)C1=C(CN2CCN3C(=O)N(c4ccc(-c5ccc(C(C)(C)C(C)=O)cc5)cn4)C[C@@H]3C2)NC(c2nccs2)=N[C@H]1c1ccc(F)cc1Br.CCOC(=O)C1=C(CN2CCN3C(=O)N(c4nc(-c5cccc(C(C)(C)C(C)=O)c5)cs4)C[C@@H]3C2)NC(c2nccs2)=N[C@H]1c1ccc(F)cc1Br. The van der Waals surface area contributed by atoms with Crippen LogP contribution in [-0.2, 0) is 39.5 Å². The van der Waals surface area contributed by atoms with Crippen LogP contribution in [0.4, 0.5) is 29.3 Å². The molecule has 4 aromatic carbocycles. The molecule has 0 bridgehead atoms. The Balaban J connectivity index is 0.000000186. The zero-order chi connectivity index (χ0) is 74.2. The first-order chi connectivity index (χ1) is 50.4. The number of nitrogens with zero attached hydrogens (tertiary/aromatic N) is 12. The molecular formula is C76H76Br2F2N14O8S3. The van der Waals surface area contributed by atoms with Gasteiger partial charge in [0.25, 0.3) is 0 Å². The normalized spacial score (nSPS) is 19.3. The standard InChI is InChI=1S/C39H39BrFN7O4S.C37H37BrFN7O4S2/c1-5-52-37(50)33-31(44-35(36-42-14-17-53-36)45-34(33)29-12-11-27(41)18-30(29)40)22-46-15-16-47-28(20-46)21-48(38(47)51)32-13-8-25(19-43-32)24-6-9-26(10-7-24)39(3,4)23(2)49;1-5-50-34(48)30-28(41-32(33-40-11-14-51-33)43-31(30)26-10-9-24(39)16-27(26)38)19-44-12-13-45-25(17-44)18-46(36(45)49)35-42-29(20-52-35)22-7-6-8-23(15-22)37(3,4)21(2)47/h6-14,17-19,28,34H,5,15-16,20-22H2,1-4H3,(H,44,45);6-11,14-16,20,25,31H,5,12-13,17-19H2,1-4H3,(H,41,43)/t28-,34-;25-,31-/m00/s1. The highest BCUT2D eigenvalue weighted by Gasteiger charge is 2.46. The molecule has 0 unspecified atom stereocenters. The molecule has 29 heteroatoms. The van der Waals surface area contributed by atoms with Gasteiger partial charge >= 0.3 is 24.0 Å². The van der Waals surface area contributed by atoms with E-state index >= 15 is 0 Å². The molecule has 22 nitrogen and oxygen atoms in total. The number of hydrogen-bond acceptors (Lipinski definition) is 21. The number of nitrogens with one attached hydrogen (secondary N) is 2. The molecule has 10 heterocycles. The number of esters is 2. The number of carbonyl (C=O) groups excluding carboxylic acids is 6. The van der Waals surface area contributed by atoms with Gasteiger partial charge in [0.15, 0.2) is 26.8 Å². The van der Waals surface area contributed by atoms with Gasteiger partial charge in [-0.2, -0.15) is 0 Å². The molecule has 105 heavy (non-hydrogen) atoms. The Bertz CT molecular complexity index is 4800. The number of anilines is 2. The number of halogens is 4. The number of fused-ring (bicyclic) bond motifs is 2. The number of rotatable bonds is 20. The van der Waals surface area contributed by atoms with Gasteiger partial charge < -0.3 is 29.9 Å². The Labute approximate surface area is 635 Å². The van der Waals surface area contributed by atoms with E-state index in [1.807, 2.05) is 114 Å². The van der Waals surface area contributed by atoms with Crippen molar-refractivity contribution in [2.24, 2.45) is 9.98 Å². The second-order valence-electron chi connectivity index (χ2n) is 27.1. The van der Waals surface area contributed by atoms with E-state index in [1.54, 1.807) is 68.2 Å². The Kier molecular flexibility index (Phi) is 22.0. The maximum absolute atomic E-state index is 14.2. The summed E-state index contributed by atoms with van der Waals surface area (Å²) >= 11 is 11.2. The van der Waals surface area contributed by atoms with E-state index in [-0.39, 0.29) is 48.9 Å². The zero-order valence-corrected chi connectivity index (χ0v) is 64.5. The molecule has 4 amide bonds. The molecule has 0 aliphatic carbocycles. The minimum atomic E-state index is -0.776. The number of urea groups is 2. The fraction of sp³-hybridized carbons (Fsp3) is 0.342. The van der Waals surface area contributed by atoms with Crippen molar-refractivity contribution < 1.29 is 47.0 Å². The fourth-order valence-corrected chi connectivity index (χ4v) is 16.7. The van der Waals surface area contributed by atoms with E-state index < -0.39 is 46.5 Å². The molecule has 4 fully saturated rings. The Hall–Kier alpha value is -9.10. The zero-order valence-electron chi connectivity index (χ0n) is 58.9. The van der Waals surface area contributed by atoms with Gasteiger partial charge in [-0.05, 0) is 126 Å². The van der Waals surface area contributed by atoms with E-state index in [1.165, 1.54) is 58.3 Å². The summed E-state index contributed by atoms with van der Waals surface area (Å²) in [5.74, 6) is -0.0599. The monoisotopic (exact) mass is 1600 g/mol. The summed E-state index contributed by atoms with van der Waals surface area (Å²) < 4.78 is 40.4. The van der Waals surface area contributed by atoms with Crippen LogP contribution in [0.5, 0.6) is 0 Å². The minimum absolute atomic E-state index is 0.0820. The molecule has 0 spiro atoms. The first-order valence-corrected chi connectivity index (χ1v) is 38.6. The highest BCUT2D eigenvalue weighted by Crippen LogP contribution is 2.42. The van der Waals surface area contributed by atoms with Crippen LogP contribution >= 0.6 is 65.9 Å². The summed E-state index contributed by atoms with van der Waals surface area (Å²) in [6, 6.07) is 26.3. The predicted molar refractivity (Wildman–Crippen MR) is 409 cm³/mol. The van der Waals surface area contributed by atoms with Gasteiger partial charge in [0.2, 0.25) is 0 Å². The van der Waals surface area contributed by atoms with Crippen molar-refractivity contribution >= 4 is 124 Å². The molecule has 4 saturated heterocycles. The van der Waals surface area contributed by atoms with Crippen LogP contribution in [0.1, 0.15) is 99.7 Å². The molecule has 6 aliphatic heterocycles. The van der Waals surface area contributed by atoms with Crippen molar-refractivity contribution in [1.82, 2.24) is 50.2 Å². The van der Waals surface area contributed by atoms with Gasteiger partial charge in [0, 0.05) is 129 Å². The number of ether oxygens (including phenoxy) is 2. The number of aromatic nitrogens is 4.